The van der Waals surface area contributed by atoms with E-state index in [1.807, 2.05) is 30.0 Å². The van der Waals surface area contributed by atoms with E-state index in [9.17, 15) is 4.79 Å². The zero-order chi connectivity index (χ0) is 22.4. The van der Waals surface area contributed by atoms with E-state index < -0.39 is 0 Å². The van der Waals surface area contributed by atoms with Gasteiger partial charge in [-0.15, -0.1) is 0 Å². The molecule has 7 heteroatoms. The smallest absolute Gasteiger partial charge is 0.274 e. The average molecular weight is 489 g/mol. The van der Waals surface area contributed by atoms with Crippen LogP contribution < -0.4 is 0 Å². The Morgan fingerprint density at radius 1 is 1.03 bits per heavy atom. The highest BCUT2D eigenvalue weighted by molar-refractivity contribution is 6.42. The average Bonchev–Trinajstić information content (AvgIpc) is 3.53. The fraction of sp³-hybridized carbons (Fsp3) is 0.360. The number of carbonyl (C=O) groups excluding carboxylic acids is 1. The third-order valence-corrected chi connectivity index (χ3v) is 8.12. The minimum atomic E-state index is -0.0539. The van der Waals surface area contributed by atoms with E-state index >= 15 is 0 Å². The molecule has 3 atom stereocenters. The van der Waals surface area contributed by atoms with Crippen molar-refractivity contribution in [1.82, 2.24) is 15.1 Å². The number of aromatic amines is 1. The number of halogens is 3. The van der Waals surface area contributed by atoms with Gasteiger partial charge in [-0.3, -0.25) is 9.89 Å². The molecule has 2 saturated carbocycles. The monoisotopic (exact) mass is 487 g/mol. The zero-order valence-corrected chi connectivity index (χ0v) is 20.0. The largest absolute Gasteiger partial charge is 0.330 e. The highest BCUT2D eigenvalue weighted by Gasteiger charge is 2.44. The molecule has 4 nitrogen and oxygen atoms in total. The first-order valence-electron chi connectivity index (χ1n) is 11.0. The van der Waals surface area contributed by atoms with E-state index in [2.05, 4.69) is 16.3 Å². The first-order chi connectivity index (χ1) is 15.4. The highest BCUT2D eigenvalue weighted by Crippen LogP contribution is 2.47. The summed E-state index contributed by atoms with van der Waals surface area (Å²) >= 11 is 18.6. The van der Waals surface area contributed by atoms with Crippen LogP contribution in [0.15, 0.2) is 42.5 Å². The number of hydrogen-bond donors (Lipinski definition) is 1. The van der Waals surface area contributed by atoms with E-state index in [4.69, 9.17) is 34.8 Å². The van der Waals surface area contributed by atoms with Crippen LogP contribution in [0.25, 0.3) is 11.3 Å². The van der Waals surface area contributed by atoms with E-state index in [1.54, 1.807) is 18.2 Å². The quantitative estimate of drug-likeness (QED) is 0.413. The van der Waals surface area contributed by atoms with Crippen molar-refractivity contribution >= 4 is 40.7 Å². The summed E-state index contributed by atoms with van der Waals surface area (Å²) in [6, 6.07) is 13.4. The summed E-state index contributed by atoms with van der Waals surface area (Å²) in [5, 5.41) is 9.03. The molecule has 5 rings (SSSR count). The van der Waals surface area contributed by atoms with E-state index in [0.717, 1.165) is 39.7 Å². The number of nitrogens with one attached hydrogen (secondary N) is 1. The van der Waals surface area contributed by atoms with Crippen molar-refractivity contribution in [2.75, 3.05) is 0 Å². The molecular formula is C25H24Cl3N3O. The Morgan fingerprint density at radius 3 is 2.56 bits per heavy atom. The standard InChI is InChI=1S/C25H24Cl3N3O/c1-14-2-3-16(9-20(14)27)13-31(24-10-15-4-5-18(24)8-15)25(32)23-12-22(29-30-23)17-6-7-19(26)21(28)11-17/h2-3,6-7,9,11-12,15,18,24H,4-5,8,10,13H2,1H3,(H,29,30). The van der Waals surface area contributed by atoms with Crippen molar-refractivity contribution in [2.24, 2.45) is 11.8 Å². The van der Waals surface area contributed by atoms with Crippen LogP contribution in [0.2, 0.25) is 15.1 Å². The second-order valence-corrected chi connectivity index (χ2v) is 10.3. The lowest BCUT2D eigenvalue weighted by atomic mass is 9.93. The molecule has 0 spiro atoms. The molecule has 2 bridgehead atoms. The summed E-state index contributed by atoms with van der Waals surface area (Å²) < 4.78 is 0. The molecule has 0 saturated heterocycles. The topological polar surface area (TPSA) is 49.0 Å². The number of hydrogen-bond acceptors (Lipinski definition) is 2. The van der Waals surface area contributed by atoms with Crippen LogP contribution in [0.4, 0.5) is 0 Å². The molecule has 3 unspecified atom stereocenters. The van der Waals surface area contributed by atoms with Gasteiger partial charge in [0.1, 0.15) is 0 Å². The summed E-state index contributed by atoms with van der Waals surface area (Å²) in [5.74, 6) is 1.24. The van der Waals surface area contributed by atoms with Crippen LogP contribution in [-0.4, -0.2) is 27.0 Å². The molecule has 2 fully saturated rings. The van der Waals surface area contributed by atoms with Crippen LogP contribution in [0, 0.1) is 18.8 Å². The Hall–Kier alpha value is -2.01. The predicted molar refractivity (Wildman–Crippen MR) is 129 cm³/mol. The van der Waals surface area contributed by atoms with Crippen molar-refractivity contribution in [1.29, 1.82) is 0 Å². The maximum Gasteiger partial charge on any atom is 0.274 e. The van der Waals surface area contributed by atoms with Crippen molar-refractivity contribution in [3.8, 4) is 11.3 Å². The third kappa shape index (κ3) is 4.16. The maximum atomic E-state index is 13.7. The Bertz CT molecular complexity index is 1170. The summed E-state index contributed by atoms with van der Waals surface area (Å²) in [4.78, 5) is 15.7. The molecule has 0 radical (unpaired) electrons. The molecule has 1 heterocycles. The van der Waals surface area contributed by atoms with Crippen molar-refractivity contribution in [3.05, 3.63) is 74.4 Å². The molecule has 1 N–H and O–H groups in total. The van der Waals surface area contributed by atoms with E-state index in [-0.39, 0.29) is 11.9 Å². The Labute approximate surface area is 202 Å². The molecule has 2 aliphatic carbocycles. The Balaban J connectivity index is 1.44. The third-order valence-electron chi connectivity index (χ3n) is 6.98. The fourth-order valence-electron chi connectivity index (χ4n) is 5.25. The van der Waals surface area contributed by atoms with Crippen molar-refractivity contribution in [2.45, 2.75) is 45.2 Å². The van der Waals surface area contributed by atoms with E-state index in [1.165, 1.54) is 19.3 Å². The molecule has 1 aromatic heterocycles. The van der Waals surface area contributed by atoms with Gasteiger partial charge in [0.05, 0.1) is 15.7 Å². The van der Waals surface area contributed by atoms with Crippen molar-refractivity contribution < 1.29 is 4.79 Å². The zero-order valence-electron chi connectivity index (χ0n) is 17.7. The number of aryl methyl sites for hydroxylation is 1. The van der Waals surface area contributed by atoms with Crippen molar-refractivity contribution in [3.63, 3.8) is 0 Å². The van der Waals surface area contributed by atoms with Gasteiger partial charge in [0, 0.05) is 23.2 Å². The normalized spacial score (nSPS) is 21.8. The predicted octanol–water partition coefficient (Wildman–Crippen LogP) is 7.18. The molecule has 0 aliphatic heterocycles. The minimum Gasteiger partial charge on any atom is -0.330 e. The number of carbonyl (C=O) groups is 1. The van der Waals surface area contributed by atoms with E-state index in [0.29, 0.717) is 28.2 Å². The van der Waals surface area contributed by atoms with Crippen LogP contribution >= 0.6 is 34.8 Å². The highest BCUT2D eigenvalue weighted by atomic mass is 35.5. The van der Waals surface area contributed by atoms with Crippen LogP contribution in [-0.2, 0) is 6.54 Å². The maximum absolute atomic E-state index is 13.7. The Kier molecular flexibility index (Phi) is 5.96. The summed E-state index contributed by atoms with van der Waals surface area (Å²) in [5.41, 5.74) is 4.05. The first-order valence-corrected chi connectivity index (χ1v) is 12.1. The molecule has 2 aliphatic rings. The minimum absolute atomic E-state index is 0.0539. The van der Waals surface area contributed by atoms with Gasteiger partial charge in [-0.1, -0.05) is 59.4 Å². The van der Waals surface area contributed by atoms with Gasteiger partial charge in [0.15, 0.2) is 5.69 Å². The second-order valence-electron chi connectivity index (χ2n) is 9.05. The van der Waals surface area contributed by atoms with Crippen LogP contribution in [0.1, 0.15) is 47.3 Å². The SMILES string of the molecule is Cc1ccc(CN(C(=O)c2cc(-c3ccc(Cl)c(Cl)c3)[nH]n2)C2CC3CCC2C3)cc1Cl. The lowest BCUT2D eigenvalue weighted by Crippen LogP contribution is -2.43. The second kappa shape index (κ2) is 8.74. The lowest BCUT2D eigenvalue weighted by molar-refractivity contribution is 0.0583. The number of rotatable bonds is 5. The number of amides is 1. The van der Waals surface area contributed by atoms with Gasteiger partial charge in [-0.05, 0) is 73.4 Å². The van der Waals surface area contributed by atoms with Gasteiger partial charge in [-0.2, -0.15) is 5.10 Å². The molecular weight excluding hydrogens is 465 g/mol. The molecule has 2 aromatic carbocycles. The van der Waals surface area contributed by atoms with Gasteiger partial charge < -0.3 is 4.90 Å². The van der Waals surface area contributed by atoms with Crippen LogP contribution in [0.5, 0.6) is 0 Å². The number of H-pyrrole nitrogens is 1. The number of nitrogens with zero attached hydrogens (tertiary/aromatic N) is 2. The number of aromatic nitrogens is 2. The molecule has 166 valence electrons. The lowest BCUT2D eigenvalue weighted by Gasteiger charge is -2.34. The van der Waals surface area contributed by atoms with Crippen LogP contribution in [0.3, 0.4) is 0 Å². The molecule has 1 amide bonds. The summed E-state index contributed by atoms with van der Waals surface area (Å²) in [7, 11) is 0. The molecule has 3 aromatic rings. The van der Waals surface area contributed by atoms with Gasteiger partial charge in [-0.25, -0.2) is 0 Å². The Morgan fingerprint density at radius 2 is 1.88 bits per heavy atom. The fourth-order valence-corrected chi connectivity index (χ4v) is 5.76. The molecule has 32 heavy (non-hydrogen) atoms. The van der Waals surface area contributed by atoms with Gasteiger partial charge in [0.25, 0.3) is 5.91 Å². The van der Waals surface area contributed by atoms with Gasteiger partial charge >= 0.3 is 0 Å². The van der Waals surface area contributed by atoms with Gasteiger partial charge in [0.2, 0.25) is 0 Å². The number of benzene rings is 2. The first kappa shape index (κ1) is 21.8. The number of fused-ring (bicyclic) bond motifs is 2. The summed E-state index contributed by atoms with van der Waals surface area (Å²) in [6.07, 6.45) is 4.77. The summed E-state index contributed by atoms with van der Waals surface area (Å²) in [6.45, 7) is 2.51.